The molecule has 1 aliphatic rings. The van der Waals surface area contributed by atoms with Gasteiger partial charge in [0, 0.05) is 39.3 Å². The van der Waals surface area contributed by atoms with Crippen molar-refractivity contribution in [1.82, 2.24) is 9.80 Å². The summed E-state index contributed by atoms with van der Waals surface area (Å²) in [5, 5.41) is 8.81. The highest BCUT2D eigenvalue weighted by atomic mass is 19.4. The smallest absolute Gasteiger partial charge is 0.396 e. The molecule has 0 unspecified atom stereocenters. The first-order valence-corrected chi connectivity index (χ1v) is 7.21. The Balaban J connectivity index is 2.04. The fraction of sp³-hybridized carbons (Fsp3) is 0.600. The minimum Gasteiger partial charge on any atom is -0.396 e. The van der Waals surface area contributed by atoms with Gasteiger partial charge in [-0.25, -0.2) is 0 Å². The molecule has 0 saturated carbocycles. The van der Waals surface area contributed by atoms with Crippen molar-refractivity contribution in [3.63, 3.8) is 0 Å². The molecule has 0 bridgehead atoms. The van der Waals surface area contributed by atoms with Crippen LogP contribution in [0.15, 0.2) is 30.3 Å². The molecule has 1 N–H and O–H groups in total. The van der Waals surface area contributed by atoms with E-state index < -0.39 is 12.2 Å². The van der Waals surface area contributed by atoms with E-state index in [1.165, 1.54) is 17.0 Å². The number of nitrogens with zero attached hydrogens (tertiary/aromatic N) is 2. The van der Waals surface area contributed by atoms with Crippen LogP contribution in [0.4, 0.5) is 13.2 Å². The van der Waals surface area contributed by atoms with Crippen LogP contribution in [0, 0.1) is 0 Å². The van der Waals surface area contributed by atoms with E-state index in [-0.39, 0.29) is 6.61 Å². The fourth-order valence-corrected chi connectivity index (χ4v) is 2.78. The Kier molecular flexibility index (Phi) is 5.61. The monoisotopic (exact) mass is 302 g/mol. The second-order valence-electron chi connectivity index (χ2n) is 5.31. The Bertz CT molecular complexity index is 417. The number of hydrogen-bond acceptors (Lipinski definition) is 3. The van der Waals surface area contributed by atoms with Crippen LogP contribution >= 0.6 is 0 Å². The number of hydrogen-bond donors (Lipinski definition) is 1. The van der Waals surface area contributed by atoms with Crippen molar-refractivity contribution in [2.75, 3.05) is 39.3 Å². The number of rotatable bonds is 5. The van der Waals surface area contributed by atoms with Gasteiger partial charge in [0.1, 0.15) is 6.04 Å². The molecule has 0 spiro atoms. The molecule has 118 valence electrons. The van der Waals surface area contributed by atoms with Gasteiger partial charge in [-0.15, -0.1) is 0 Å². The Morgan fingerprint density at radius 2 is 1.67 bits per heavy atom. The molecule has 1 aromatic rings. The molecule has 1 aliphatic heterocycles. The first-order valence-electron chi connectivity index (χ1n) is 7.21. The summed E-state index contributed by atoms with van der Waals surface area (Å²) in [4.78, 5) is 3.61. The van der Waals surface area contributed by atoms with E-state index >= 15 is 0 Å². The van der Waals surface area contributed by atoms with Gasteiger partial charge >= 0.3 is 6.18 Å². The van der Waals surface area contributed by atoms with E-state index in [1.54, 1.807) is 18.2 Å². The summed E-state index contributed by atoms with van der Waals surface area (Å²) >= 11 is 0. The molecule has 0 aliphatic carbocycles. The highest BCUT2D eigenvalue weighted by Crippen LogP contribution is 2.37. The lowest BCUT2D eigenvalue weighted by Crippen LogP contribution is -2.50. The van der Waals surface area contributed by atoms with E-state index in [9.17, 15) is 13.2 Å². The number of halogens is 3. The summed E-state index contributed by atoms with van der Waals surface area (Å²) in [6, 6.07) is 6.56. The van der Waals surface area contributed by atoms with Gasteiger partial charge in [0.05, 0.1) is 0 Å². The van der Waals surface area contributed by atoms with Gasteiger partial charge in [-0.3, -0.25) is 4.90 Å². The van der Waals surface area contributed by atoms with Crippen molar-refractivity contribution in [2.45, 2.75) is 18.6 Å². The first kappa shape index (κ1) is 16.3. The average Bonchev–Trinajstić information content (AvgIpc) is 2.46. The molecule has 1 aromatic carbocycles. The van der Waals surface area contributed by atoms with E-state index in [2.05, 4.69) is 4.90 Å². The molecular formula is C15H21F3N2O. The number of aliphatic hydroxyl groups excluding tert-OH is 1. The third-order valence-corrected chi connectivity index (χ3v) is 3.83. The Labute approximate surface area is 123 Å². The number of aliphatic hydroxyl groups is 1. The lowest BCUT2D eigenvalue weighted by Gasteiger charge is -2.40. The zero-order chi connectivity index (χ0) is 15.3. The second kappa shape index (κ2) is 7.24. The van der Waals surface area contributed by atoms with Crippen LogP contribution in [0.2, 0.25) is 0 Å². The predicted molar refractivity (Wildman–Crippen MR) is 75.0 cm³/mol. The van der Waals surface area contributed by atoms with Gasteiger partial charge in [-0.1, -0.05) is 30.3 Å². The van der Waals surface area contributed by atoms with Gasteiger partial charge < -0.3 is 10.0 Å². The van der Waals surface area contributed by atoms with E-state index in [0.29, 0.717) is 38.2 Å². The minimum absolute atomic E-state index is 0.120. The molecule has 3 nitrogen and oxygen atoms in total. The molecule has 1 saturated heterocycles. The number of alkyl halides is 3. The van der Waals surface area contributed by atoms with E-state index in [0.717, 1.165) is 6.54 Å². The van der Waals surface area contributed by atoms with Crippen molar-refractivity contribution in [2.24, 2.45) is 0 Å². The summed E-state index contributed by atoms with van der Waals surface area (Å²) in [7, 11) is 0. The van der Waals surface area contributed by atoms with Gasteiger partial charge in [0.2, 0.25) is 0 Å². The molecular weight excluding hydrogens is 281 g/mol. The third kappa shape index (κ3) is 4.43. The predicted octanol–water partition coefficient (Wildman–Crippen LogP) is 2.29. The lowest BCUT2D eigenvalue weighted by molar-refractivity contribution is -0.190. The van der Waals surface area contributed by atoms with Crippen molar-refractivity contribution in [3.8, 4) is 0 Å². The lowest BCUT2D eigenvalue weighted by atomic mass is 10.0. The van der Waals surface area contributed by atoms with E-state index in [4.69, 9.17) is 5.11 Å². The maximum atomic E-state index is 13.4. The standard InChI is InChI=1S/C15H21F3N2O/c16-15(17,18)14(13-5-2-1-3-6-13)20-10-8-19(9-11-20)7-4-12-21/h1-3,5-6,14,21H,4,7-12H2/t14-/m0/s1. The highest BCUT2D eigenvalue weighted by molar-refractivity contribution is 5.20. The third-order valence-electron chi connectivity index (χ3n) is 3.83. The molecule has 0 amide bonds. The molecule has 0 aromatic heterocycles. The SMILES string of the molecule is OCCCN1CCN([C@@H](c2ccccc2)C(F)(F)F)CC1. The molecule has 6 heteroatoms. The maximum absolute atomic E-state index is 13.4. The minimum atomic E-state index is -4.27. The van der Waals surface area contributed by atoms with Gasteiger partial charge in [0.15, 0.2) is 0 Å². The molecule has 21 heavy (non-hydrogen) atoms. The molecule has 1 atom stereocenters. The summed E-state index contributed by atoms with van der Waals surface area (Å²) < 4.78 is 40.2. The van der Waals surface area contributed by atoms with Crippen molar-refractivity contribution in [1.29, 1.82) is 0 Å². The largest absolute Gasteiger partial charge is 0.408 e. The van der Waals surface area contributed by atoms with Crippen LogP contribution < -0.4 is 0 Å². The Morgan fingerprint density at radius 1 is 1.05 bits per heavy atom. The summed E-state index contributed by atoms with van der Waals surface area (Å²) in [6.45, 7) is 2.87. The van der Waals surface area contributed by atoms with Crippen LogP contribution in [-0.2, 0) is 0 Å². The zero-order valence-electron chi connectivity index (χ0n) is 11.9. The van der Waals surface area contributed by atoms with Gasteiger partial charge in [-0.05, 0) is 12.0 Å². The quantitative estimate of drug-likeness (QED) is 0.904. The molecule has 1 heterocycles. The van der Waals surface area contributed by atoms with Crippen molar-refractivity contribution < 1.29 is 18.3 Å². The average molecular weight is 302 g/mol. The second-order valence-corrected chi connectivity index (χ2v) is 5.31. The Hall–Kier alpha value is -1.11. The normalized spacial score (nSPS) is 19.6. The van der Waals surface area contributed by atoms with E-state index in [1.807, 2.05) is 0 Å². The fourth-order valence-electron chi connectivity index (χ4n) is 2.78. The highest BCUT2D eigenvalue weighted by Gasteiger charge is 2.45. The zero-order valence-corrected chi connectivity index (χ0v) is 11.9. The summed E-state index contributed by atoms with van der Waals surface area (Å²) in [6.07, 6.45) is -3.60. The van der Waals surface area contributed by atoms with Crippen LogP contribution in [-0.4, -0.2) is 60.4 Å². The topological polar surface area (TPSA) is 26.7 Å². The molecule has 0 radical (unpaired) electrons. The molecule has 1 fully saturated rings. The number of benzene rings is 1. The van der Waals surface area contributed by atoms with Crippen molar-refractivity contribution in [3.05, 3.63) is 35.9 Å². The van der Waals surface area contributed by atoms with Gasteiger partial charge in [-0.2, -0.15) is 13.2 Å². The van der Waals surface area contributed by atoms with Crippen molar-refractivity contribution >= 4 is 0 Å². The van der Waals surface area contributed by atoms with Crippen LogP contribution in [0.5, 0.6) is 0 Å². The van der Waals surface area contributed by atoms with Crippen LogP contribution in [0.3, 0.4) is 0 Å². The Morgan fingerprint density at radius 3 is 2.19 bits per heavy atom. The maximum Gasteiger partial charge on any atom is 0.408 e. The van der Waals surface area contributed by atoms with Gasteiger partial charge in [0.25, 0.3) is 0 Å². The number of piperazine rings is 1. The van der Waals surface area contributed by atoms with Crippen LogP contribution in [0.25, 0.3) is 0 Å². The summed E-state index contributed by atoms with van der Waals surface area (Å²) in [5.74, 6) is 0. The van der Waals surface area contributed by atoms with Crippen LogP contribution in [0.1, 0.15) is 18.0 Å². The first-order chi connectivity index (χ1) is 10.0. The molecule has 2 rings (SSSR count). The summed E-state index contributed by atoms with van der Waals surface area (Å²) in [5.41, 5.74) is 0.300.